The molecule has 4 nitrogen and oxygen atoms in total. The zero-order valence-electron chi connectivity index (χ0n) is 12.7. The van der Waals surface area contributed by atoms with E-state index in [-0.39, 0.29) is 5.91 Å². The zero-order valence-corrected chi connectivity index (χ0v) is 12.7. The Balaban J connectivity index is 1.86. The minimum Gasteiger partial charge on any atom is -0.381 e. The molecule has 4 heteroatoms. The Morgan fingerprint density at radius 3 is 2.57 bits per heavy atom. The highest BCUT2D eigenvalue weighted by Gasteiger charge is 2.01. The van der Waals surface area contributed by atoms with Crippen molar-refractivity contribution >= 4 is 11.6 Å². The average molecular weight is 285 g/mol. The molecule has 2 N–H and O–H groups in total. The van der Waals surface area contributed by atoms with Crippen molar-refractivity contribution in [1.82, 2.24) is 9.88 Å². The second-order valence-electron chi connectivity index (χ2n) is 5.16. The smallest absolute Gasteiger partial charge is 0.224 e. The molecule has 0 unspecified atom stereocenters. The van der Waals surface area contributed by atoms with Gasteiger partial charge in [0.1, 0.15) is 0 Å². The SMILES string of the molecule is CCCn1ccc(CNc2ccc(CC(=O)NC)cc2)c1. The topological polar surface area (TPSA) is 46.1 Å². The molecular weight excluding hydrogens is 262 g/mol. The van der Waals surface area contributed by atoms with Crippen LogP contribution < -0.4 is 10.6 Å². The van der Waals surface area contributed by atoms with Gasteiger partial charge in [-0.1, -0.05) is 19.1 Å². The maximum atomic E-state index is 11.3. The molecule has 0 spiro atoms. The van der Waals surface area contributed by atoms with E-state index >= 15 is 0 Å². The Morgan fingerprint density at radius 2 is 1.90 bits per heavy atom. The van der Waals surface area contributed by atoms with Crippen molar-refractivity contribution in [2.24, 2.45) is 0 Å². The second kappa shape index (κ2) is 7.53. The van der Waals surface area contributed by atoms with Crippen molar-refractivity contribution in [2.75, 3.05) is 12.4 Å². The van der Waals surface area contributed by atoms with Gasteiger partial charge in [0, 0.05) is 38.2 Å². The molecule has 0 bridgehead atoms. The number of anilines is 1. The van der Waals surface area contributed by atoms with Gasteiger partial charge in [0.15, 0.2) is 0 Å². The Bertz CT molecular complexity index is 572. The van der Waals surface area contributed by atoms with Crippen LogP contribution in [-0.2, 0) is 24.3 Å². The maximum Gasteiger partial charge on any atom is 0.224 e. The summed E-state index contributed by atoms with van der Waals surface area (Å²) in [6.45, 7) is 4.05. The Kier molecular flexibility index (Phi) is 5.43. The third kappa shape index (κ3) is 4.67. The van der Waals surface area contributed by atoms with E-state index < -0.39 is 0 Å². The molecule has 1 amide bonds. The van der Waals surface area contributed by atoms with Gasteiger partial charge in [-0.3, -0.25) is 4.79 Å². The van der Waals surface area contributed by atoms with Gasteiger partial charge >= 0.3 is 0 Å². The first-order valence-electron chi connectivity index (χ1n) is 7.39. The van der Waals surface area contributed by atoms with E-state index in [0.717, 1.165) is 30.8 Å². The predicted molar refractivity (Wildman–Crippen MR) is 86.3 cm³/mol. The summed E-state index contributed by atoms with van der Waals surface area (Å²) in [4.78, 5) is 11.3. The Labute approximate surface area is 126 Å². The van der Waals surface area contributed by atoms with E-state index in [1.807, 2.05) is 24.3 Å². The molecule has 0 saturated carbocycles. The fraction of sp³-hybridized carbons (Fsp3) is 0.353. The van der Waals surface area contributed by atoms with Crippen LogP contribution in [0.4, 0.5) is 5.69 Å². The normalized spacial score (nSPS) is 10.4. The molecule has 0 aliphatic heterocycles. The molecule has 0 saturated heterocycles. The number of aryl methyl sites for hydroxylation is 1. The second-order valence-corrected chi connectivity index (χ2v) is 5.16. The van der Waals surface area contributed by atoms with Crippen LogP contribution in [0, 0.1) is 0 Å². The fourth-order valence-corrected chi connectivity index (χ4v) is 2.21. The van der Waals surface area contributed by atoms with Crippen molar-refractivity contribution < 1.29 is 4.79 Å². The van der Waals surface area contributed by atoms with Crippen LogP contribution >= 0.6 is 0 Å². The first kappa shape index (κ1) is 15.2. The standard InChI is InChI=1S/C17H23N3O/c1-3-9-20-10-8-15(13-20)12-19-16-6-4-14(5-7-16)11-17(21)18-2/h4-8,10,13,19H,3,9,11-12H2,1-2H3,(H,18,21). The molecule has 21 heavy (non-hydrogen) atoms. The molecule has 1 aromatic carbocycles. The molecule has 1 heterocycles. The number of amides is 1. The van der Waals surface area contributed by atoms with E-state index in [2.05, 4.69) is 40.6 Å². The number of rotatable bonds is 7. The first-order chi connectivity index (χ1) is 10.2. The highest BCUT2D eigenvalue weighted by Crippen LogP contribution is 2.12. The number of carbonyl (C=O) groups excluding carboxylic acids is 1. The van der Waals surface area contributed by atoms with Crippen LogP contribution in [0.1, 0.15) is 24.5 Å². The number of nitrogens with zero attached hydrogens (tertiary/aromatic N) is 1. The summed E-state index contributed by atoms with van der Waals surface area (Å²) in [6, 6.07) is 10.1. The highest BCUT2D eigenvalue weighted by molar-refractivity contribution is 5.78. The molecule has 2 aromatic rings. The van der Waals surface area contributed by atoms with Crippen LogP contribution in [0.5, 0.6) is 0 Å². The van der Waals surface area contributed by atoms with Crippen LogP contribution in [0.3, 0.4) is 0 Å². The van der Waals surface area contributed by atoms with E-state index in [1.165, 1.54) is 5.56 Å². The number of likely N-dealkylation sites (N-methyl/N-ethyl adjacent to an activating group) is 1. The van der Waals surface area contributed by atoms with E-state index in [0.29, 0.717) is 6.42 Å². The van der Waals surface area contributed by atoms with Crippen LogP contribution in [-0.4, -0.2) is 17.5 Å². The third-order valence-corrected chi connectivity index (χ3v) is 3.39. The van der Waals surface area contributed by atoms with Gasteiger partial charge in [-0.25, -0.2) is 0 Å². The minimum atomic E-state index is 0.0352. The molecule has 1 aromatic heterocycles. The van der Waals surface area contributed by atoms with Gasteiger partial charge < -0.3 is 15.2 Å². The molecule has 0 atom stereocenters. The average Bonchev–Trinajstić information content (AvgIpc) is 2.94. The van der Waals surface area contributed by atoms with Gasteiger partial charge in [0.05, 0.1) is 6.42 Å². The quantitative estimate of drug-likeness (QED) is 0.821. The van der Waals surface area contributed by atoms with Crippen molar-refractivity contribution in [2.45, 2.75) is 32.9 Å². The van der Waals surface area contributed by atoms with Gasteiger partial charge in [-0.05, 0) is 35.7 Å². The summed E-state index contributed by atoms with van der Waals surface area (Å²) >= 11 is 0. The Morgan fingerprint density at radius 1 is 1.14 bits per heavy atom. The zero-order chi connectivity index (χ0) is 15.1. The molecular formula is C17H23N3O. The van der Waals surface area contributed by atoms with E-state index in [9.17, 15) is 4.79 Å². The minimum absolute atomic E-state index is 0.0352. The predicted octanol–water partition coefficient (Wildman–Crippen LogP) is 2.80. The van der Waals surface area contributed by atoms with Crippen molar-refractivity contribution in [3.63, 3.8) is 0 Å². The Hall–Kier alpha value is -2.23. The molecule has 0 radical (unpaired) electrons. The summed E-state index contributed by atoms with van der Waals surface area (Å²) in [5.41, 5.74) is 3.37. The highest BCUT2D eigenvalue weighted by atomic mass is 16.1. The number of aromatic nitrogens is 1. The lowest BCUT2D eigenvalue weighted by molar-refractivity contribution is -0.119. The monoisotopic (exact) mass is 285 g/mol. The van der Waals surface area contributed by atoms with Gasteiger partial charge in [0.25, 0.3) is 0 Å². The lowest BCUT2D eigenvalue weighted by atomic mass is 10.1. The molecule has 112 valence electrons. The number of carbonyl (C=O) groups is 1. The third-order valence-electron chi connectivity index (χ3n) is 3.39. The summed E-state index contributed by atoms with van der Waals surface area (Å²) in [6.07, 6.45) is 5.87. The van der Waals surface area contributed by atoms with Crippen LogP contribution in [0.25, 0.3) is 0 Å². The lowest BCUT2D eigenvalue weighted by Crippen LogP contribution is -2.19. The summed E-state index contributed by atoms with van der Waals surface area (Å²) in [5, 5.41) is 6.03. The van der Waals surface area contributed by atoms with Gasteiger partial charge in [-0.2, -0.15) is 0 Å². The van der Waals surface area contributed by atoms with Crippen molar-refractivity contribution in [3.8, 4) is 0 Å². The number of hydrogen-bond donors (Lipinski definition) is 2. The lowest BCUT2D eigenvalue weighted by Gasteiger charge is -2.06. The molecule has 2 rings (SSSR count). The van der Waals surface area contributed by atoms with E-state index in [4.69, 9.17) is 0 Å². The van der Waals surface area contributed by atoms with Crippen molar-refractivity contribution in [3.05, 3.63) is 53.9 Å². The molecule has 0 aliphatic carbocycles. The van der Waals surface area contributed by atoms with Gasteiger partial charge in [0.2, 0.25) is 5.91 Å². The summed E-state index contributed by atoms with van der Waals surface area (Å²) in [5.74, 6) is 0.0352. The van der Waals surface area contributed by atoms with Crippen LogP contribution in [0.15, 0.2) is 42.7 Å². The van der Waals surface area contributed by atoms with Gasteiger partial charge in [-0.15, -0.1) is 0 Å². The van der Waals surface area contributed by atoms with Crippen molar-refractivity contribution in [1.29, 1.82) is 0 Å². The molecule has 0 fully saturated rings. The number of benzene rings is 1. The number of hydrogen-bond acceptors (Lipinski definition) is 2. The molecule has 0 aliphatic rings. The van der Waals surface area contributed by atoms with Crippen LogP contribution in [0.2, 0.25) is 0 Å². The largest absolute Gasteiger partial charge is 0.381 e. The number of nitrogens with one attached hydrogen (secondary N) is 2. The summed E-state index contributed by atoms with van der Waals surface area (Å²) in [7, 11) is 1.66. The fourth-order valence-electron chi connectivity index (χ4n) is 2.21. The first-order valence-corrected chi connectivity index (χ1v) is 7.39. The summed E-state index contributed by atoms with van der Waals surface area (Å²) < 4.78 is 2.21. The van der Waals surface area contributed by atoms with E-state index in [1.54, 1.807) is 7.05 Å². The maximum absolute atomic E-state index is 11.3.